The summed E-state index contributed by atoms with van der Waals surface area (Å²) in [5.74, 6) is 3.25. The van der Waals surface area contributed by atoms with Gasteiger partial charge in [-0.2, -0.15) is 11.8 Å². The van der Waals surface area contributed by atoms with Crippen LogP contribution in [0.25, 0.3) is 0 Å². The van der Waals surface area contributed by atoms with Crippen molar-refractivity contribution in [3.63, 3.8) is 0 Å². The smallest absolute Gasteiger partial charge is 0.0506 e. The molecule has 1 unspecified atom stereocenters. The zero-order chi connectivity index (χ0) is 9.36. The summed E-state index contributed by atoms with van der Waals surface area (Å²) in [4.78, 5) is 0. The minimum atomic E-state index is 0.777. The van der Waals surface area contributed by atoms with Crippen molar-refractivity contribution >= 4 is 11.8 Å². The normalized spacial score (nSPS) is 22.4. The topological polar surface area (TPSA) is 21.3 Å². The Balaban J connectivity index is 1.78. The van der Waals surface area contributed by atoms with Crippen LogP contribution in [0.2, 0.25) is 0 Å². The van der Waals surface area contributed by atoms with Gasteiger partial charge in [0, 0.05) is 13.2 Å². The molecular weight excluding hydrogens is 182 g/mol. The Bertz CT molecular complexity index is 115. The largest absolute Gasteiger partial charge is 0.381 e. The summed E-state index contributed by atoms with van der Waals surface area (Å²) in [6.45, 7) is 6.45. The molecule has 1 aliphatic heterocycles. The molecule has 0 aromatic carbocycles. The van der Waals surface area contributed by atoms with Crippen molar-refractivity contribution in [2.24, 2.45) is 5.92 Å². The molecule has 13 heavy (non-hydrogen) atoms. The van der Waals surface area contributed by atoms with Gasteiger partial charge in [-0.25, -0.2) is 0 Å². The molecule has 0 saturated carbocycles. The maximum absolute atomic E-state index is 5.61. The molecule has 78 valence electrons. The molecule has 0 aliphatic carbocycles. The van der Waals surface area contributed by atoms with Crippen molar-refractivity contribution in [1.82, 2.24) is 5.32 Å². The van der Waals surface area contributed by atoms with Crippen LogP contribution in [-0.4, -0.2) is 37.8 Å². The van der Waals surface area contributed by atoms with Crippen LogP contribution in [0.4, 0.5) is 0 Å². The third-order valence-corrected chi connectivity index (χ3v) is 3.28. The van der Waals surface area contributed by atoms with E-state index in [1.54, 1.807) is 0 Å². The predicted molar refractivity (Wildman–Crippen MR) is 59.4 cm³/mol. The zero-order valence-corrected chi connectivity index (χ0v) is 9.37. The molecule has 1 N–H and O–H groups in total. The van der Waals surface area contributed by atoms with Crippen LogP contribution in [0.1, 0.15) is 19.8 Å². The van der Waals surface area contributed by atoms with Gasteiger partial charge in [-0.1, -0.05) is 6.92 Å². The van der Waals surface area contributed by atoms with Gasteiger partial charge in [0.15, 0.2) is 0 Å². The van der Waals surface area contributed by atoms with E-state index in [0.29, 0.717) is 0 Å². The molecule has 1 heterocycles. The van der Waals surface area contributed by atoms with Gasteiger partial charge < -0.3 is 10.1 Å². The fraction of sp³-hybridized carbons (Fsp3) is 1.00. The maximum atomic E-state index is 5.61. The van der Waals surface area contributed by atoms with Crippen LogP contribution in [0.3, 0.4) is 0 Å². The average Bonchev–Trinajstić information content (AvgIpc) is 2.63. The van der Waals surface area contributed by atoms with Gasteiger partial charge in [-0.15, -0.1) is 0 Å². The summed E-state index contributed by atoms with van der Waals surface area (Å²) >= 11 is 2.00. The second-order valence-corrected chi connectivity index (χ2v) is 4.88. The van der Waals surface area contributed by atoms with Gasteiger partial charge in [0.05, 0.1) is 6.61 Å². The molecule has 0 radical (unpaired) electrons. The SMILES string of the molecule is CCSCCCOCC1CCNC1. The van der Waals surface area contributed by atoms with Crippen LogP contribution >= 0.6 is 11.8 Å². The zero-order valence-electron chi connectivity index (χ0n) is 8.55. The van der Waals surface area contributed by atoms with Crippen molar-refractivity contribution in [2.75, 3.05) is 37.8 Å². The fourth-order valence-electron chi connectivity index (χ4n) is 1.51. The molecule has 1 fully saturated rings. The van der Waals surface area contributed by atoms with Gasteiger partial charge in [-0.05, 0) is 36.8 Å². The van der Waals surface area contributed by atoms with E-state index in [4.69, 9.17) is 4.74 Å². The van der Waals surface area contributed by atoms with E-state index in [-0.39, 0.29) is 0 Å². The van der Waals surface area contributed by atoms with Crippen LogP contribution in [0.15, 0.2) is 0 Å². The highest BCUT2D eigenvalue weighted by molar-refractivity contribution is 7.99. The average molecular weight is 203 g/mol. The molecule has 0 spiro atoms. The molecule has 1 saturated heterocycles. The molecule has 0 bridgehead atoms. The standard InChI is InChI=1S/C10H21NOS/c1-2-13-7-3-6-12-9-10-4-5-11-8-10/h10-11H,2-9H2,1H3. The van der Waals surface area contributed by atoms with Crippen molar-refractivity contribution in [1.29, 1.82) is 0 Å². The molecule has 1 aliphatic rings. The van der Waals surface area contributed by atoms with Crippen molar-refractivity contribution < 1.29 is 4.74 Å². The monoisotopic (exact) mass is 203 g/mol. The van der Waals surface area contributed by atoms with Crippen LogP contribution in [0.5, 0.6) is 0 Å². The van der Waals surface area contributed by atoms with E-state index in [9.17, 15) is 0 Å². The molecule has 0 aromatic rings. The quantitative estimate of drug-likeness (QED) is 0.637. The highest BCUT2D eigenvalue weighted by Crippen LogP contribution is 2.08. The lowest BCUT2D eigenvalue weighted by Crippen LogP contribution is -2.14. The predicted octanol–water partition coefficient (Wildman–Crippen LogP) is 1.76. The maximum Gasteiger partial charge on any atom is 0.0506 e. The summed E-state index contributed by atoms with van der Waals surface area (Å²) < 4.78 is 5.61. The molecule has 0 aromatic heterocycles. The second-order valence-electron chi connectivity index (χ2n) is 3.48. The minimum absolute atomic E-state index is 0.777. The van der Waals surface area contributed by atoms with Gasteiger partial charge in [0.2, 0.25) is 0 Å². The lowest BCUT2D eigenvalue weighted by Gasteiger charge is -2.08. The third kappa shape index (κ3) is 5.55. The fourth-order valence-corrected chi connectivity index (χ4v) is 2.12. The van der Waals surface area contributed by atoms with Crippen LogP contribution in [-0.2, 0) is 4.74 Å². The first-order chi connectivity index (χ1) is 6.43. The first-order valence-electron chi connectivity index (χ1n) is 5.29. The Morgan fingerprint density at radius 3 is 3.15 bits per heavy atom. The first-order valence-corrected chi connectivity index (χ1v) is 6.45. The van der Waals surface area contributed by atoms with E-state index in [1.165, 1.54) is 30.9 Å². The van der Waals surface area contributed by atoms with Crippen molar-refractivity contribution in [3.8, 4) is 0 Å². The van der Waals surface area contributed by atoms with Crippen LogP contribution < -0.4 is 5.32 Å². The van der Waals surface area contributed by atoms with Crippen LogP contribution in [0, 0.1) is 5.92 Å². The molecule has 1 rings (SSSR count). The highest BCUT2D eigenvalue weighted by Gasteiger charge is 2.13. The summed E-state index contributed by atoms with van der Waals surface area (Å²) in [6, 6.07) is 0. The Labute approximate surface area is 85.8 Å². The molecule has 0 amide bonds. The number of hydrogen-bond acceptors (Lipinski definition) is 3. The summed E-state index contributed by atoms with van der Waals surface area (Å²) in [5, 5.41) is 3.35. The molecular formula is C10H21NOS. The number of nitrogens with one attached hydrogen (secondary N) is 1. The number of ether oxygens (including phenoxy) is 1. The van der Waals surface area contributed by atoms with E-state index in [2.05, 4.69) is 12.2 Å². The third-order valence-electron chi connectivity index (χ3n) is 2.30. The Morgan fingerprint density at radius 2 is 2.46 bits per heavy atom. The Hall–Kier alpha value is 0.270. The Kier molecular flexibility index (Phi) is 6.68. The lowest BCUT2D eigenvalue weighted by molar-refractivity contribution is 0.106. The first kappa shape index (κ1) is 11.3. The van der Waals surface area contributed by atoms with Crippen molar-refractivity contribution in [2.45, 2.75) is 19.8 Å². The number of thioether (sulfide) groups is 1. The van der Waals surface area contributed by atoms with Crippen molar-refractivity contribution in [3.05, 3.63) is 0 Å². The lowest BCUT2D eigenvalue weighted by atomic mass is 10.1. The molecule has 2 nitrogen and oxygen atoms in total. The van der Waals surface area contributed by atoms with Gasteiger partial charge in [-0.3, -0.25) is 0 Å². The summed E-state index contributed by atoms with van der Waals surface area (Å²) in [6.07, 6.45) is 2.50. The van der Waals surface area contributed by atoms with Gasteiger partial charge in [0.25, 0.3) is 0 Å². The molecule has 3 heteroatoms. The minimum Gasteiger partial charge on any atom is -0.381 e. The van der Waals surface area contributed by atoms with E-state index in [1.807, 2.05) is 11.8 Å². The summed E-state index contributed by atoms with van der Waals surface area (Å²) in [7, 11) is 0. The highest BCUT2D eigenvalue weighted by atomic mass is 32.2. The van der Waals surface area contributed by atoms with Gasteiger partial charge in [0.1, 0.15) is 0 Å². The van der Waals surface area contributed by atoms with E-state index in [0.717, 1.165) is 25.7 Å². The Morgan fingerprint density at radius 1 is 1.54 bits per heavy atom. The second kappa shape index (κ2) is 7.65. The number of rotatable bonds is 7. The van der Waals surface area contributed by atoms with E-state index >= 15 is 0 Å². The summed E-state index contributed by atoms with van der Waals surface area (Å²) in [5.41, 5.74) is 0. The number of hydrogen-bond donors (Lipinski definition) is 1. The van der Waals surface area contributed by atoms with Gasteiger partial charge >= 0.3 is 0 Å². The molecule has 1 atom stereocenters. The van der Waals surface area contributed by atoms with E-state index < -0.39 is 0 Å².